The molecule has 134 valence electrons. The summed E-state index contributed by atoms with van der Waals surface area (Å²) in [6.07, 6.45) is 3.01. The second-order valence-electron chi connectivity index (χ2n) is 5.17. The Bertz CT molecular complexity index is 585. The zero-order valence-electron chi connectivity index (χ0n) is 14.1. The Morgan fingerprint density at radius 2 is 2.04 bits per heavy atom. The number of aryl methyl sites for hydroxylation is 1. The molecule has 0 bridgehead atoms. The van der Waals surface area contributed by atoms with E-state index in [4.69, 9.17) is 25.9 Å². The van der Waals surface area contributed by atoms with E-state index in [2.05, 4.69) is 28.0 Å². The lowest BCUT2D eigenvalue weighted by Crippen LogP contribution is -2.07. The van der Waals surface area contributed by atoms with Gasteiger partial charge in [0, 0.05) is 6.07 Å². The molecule has 0 spiro atoms. The zero-order valence-corrected chi connectivity index (χ0v) is 16.4. The average Bonchev–Trinajstić information content (AvgIpc) is 2.48. The zero-order chi connectivity index (χ0) is 17.9. The standard InChI is InChI=1S/C17H22BrClFNO3/c1-4-5-13-10-14(22-7-6-16(18)20)11-15(19)17(13)23-8-9-24-21-12(2)3/h6,10-11H,4-5,7-9H2,1-3H3/b16-6-. The first-order chi connectivity index (χ1) is 11.4. The van der Waals surface area contributed by atoms with Gasteiger partial charge in [0.15, 0.2) is 11.3 Å². The first-order valence-electron chi connectivity index (χ1n) is 7.66. The van der Waals surface area contributed by atoms with Gasteiger partial charge in [0.1, 0.15) is 24.7 Å². The van der Waals surface area contributed by atoms with Crippen LogP contribution in [0.4, 0.5) is 4.39 Å². The smallest absolute Gasteiger partial charge is 0.165 e. The normalized spacial score (nSPS) is 11.2. The van der Waals surface area contributed by atoms with Gasteiger partial charge in [-0.1, -0.05) is 30.1 Å². The van der Waals surface area contributed by atoms with Crippen molar-refractivity contribution in [3.63, 3.8) is 0 Å². The predicted molar refractivity (Wildman–Crippen MR) is 99.3 cm³/mol. The summed E-state index contributed by atoms with van der Waals surface area (Å²) < 4.78 is 23.4. The molecule has 0 aliphatic heterocycles. The molecular weight excluding hydrogens is 401 g/mol. The summed E-state index contributed by atoms with van der Waals surface area (Å²) in [5.41, 5.74) is 1.79. The van der Waals surface area contributed by atoms with E-state index in [1.165, 1.54) is 6.08 Å². The van der Waals surface area contributed by atoms with Gasteiger partial charge in [-0.15, -0.1) is 0 Å². The highest BCUT2D eigenvalue weighted by Gasteiger charge is 2.12. The van der Waals surface area contributed by atoms with E-state index in [1.807, 2.05) is 19.9 Å². The maximum Gasteiger partial charge on any atom is 0.165 e. The molecule has 0 saturated carbocycles. The van der Waals surface area contributed by atoms with Crippen LogP contribution in [0.2, 0.25) is 5.02 Å². The maximum atomic E-state index is 12.6. The Morgan fingerprint density at radius 3 is 2.67 bits per heavy atom. The molecule has 0 amide bonds. The SMILES string of the molecule is CCCc1cc(OC/C=C(\F)Br)cc(Cl)c1OCCON=C(C)C. The van der Waals surface area contributed by atoms with Gasteiger partial charge in [-0.2, -0.15) is 4.39 Å². The Balaban J connectivity index is 2.75. The lowest BCUT2D eigenvalue weighted by atomic mass is 10.1. The minimum atomic E-state index is -0.465. The Hall–Kier alpha value is -1.27. The van der Waals surface area contributed by atoms with Crippen molar-refractivity contribution in [2.24, 2.45) is 5.16 Å². The molecule has 0 unspecified atom stereocenters. The van der Waals surface area contributed by atoms with Gasteiger partial charge in [-0.3, -0.25) is 0 Å². The molecule has 0 aromatic heterocycles. The van der Waals surface area contributed by atoms with Gasteiger partial charge in [0.25, 0.3) is 0 Å². The molecule has 1 aromatic carbocycles. The molecule has 0 N–H and O–H groups in total. The van der Waals surface area contributed by atoms with Crippen molar-refractivity contribution >= 4 is 33.2 Å². The highest BCUT2D eigenvalue weighted by molar-refractivity contribution is 9.11. The molecule has 0 radical (unpaired) electrons. The third-order valence-electron chi connectivity index (χ3n) is 2.77. The number of hydrogen-bond acceptors (Lipinski definition) is 4. The summed E-state index contributed by atoms with van der Waals surface area (Å²) in [5, 5.41) is 4.30. The van der Waals surface area contributed by atoms with Crippen LogP contribution >= 0.6 is 27.5 Å². The van der Waals surface area contributed by atoms with Gasteiger partial charge in [-0.25, -0.2) is 0 Å². The van der Waals surface area contributed by atoms with E-state index in [1.54, 1.807) is 6.07 Å². The summed E-state index contributed by atoms with van der Waals surface area (Å²) in [5.74, 6) is 1.19. The number of ether oxygens (including phenoxy) is 2. The number of halogens is 3. The molecule has 1 aromatic rings. The van der Waals surface area contributed by atoms with Crippen LogP contribution in [-0.4, -0.2) is 25.5 Å². The summed E-state index contributed by atoms with van der Waals surface area (Å²) in [6, 6.07) is 3.52. The Morgan fingerprint density at radius 1 is 1.29 bits per heavy atom. The second-order valence-corrected chi connectivity index (χ2v) is 6.33. The van der Waals surface area contributed by atoms with E-state index in [9.17, 15) is 4.39 Å². The molecule has 0 atom stereocenters. The van der Waals surface area contributed by atoms with Crippen LogP contribution in [-0.2, 0) is 11.3 Å². The van der Waals surface area contributed by atoms with Crippen LogP contribution in [0.25, 0.3) is 0 Å². The van der Waals surface area contributed by atoms with Gasteiger partial charge in [0.2, 0.25) is 0 Å². The molecular formula is C17H22BrClFNO3. The van der Waals surface area contributed by atoms with Crippen LogP contribution in [0.5, 0.6) is 11.5 Å². The van der Waals surface area contributed by atoms with E-state index in [0.29, 0.717) is 29.7 Å². The quantitative estimate of drug-likeness (QED) is 0.277. The van der Waals surface area contributed by atoms with Crippen molar-refractivity contribution in [3.8, 4) is 11.5 Å². The van der Waals surface area contributed by atoms with Gasteiger partial charge in [0.05, 0.1) is 10.7 Å². The fourth-order valence-electron chi connectivity index (χ4n) is 1.88. The molecule has 1 rings (SSSR count). The molecule has 7 heteroatoms. The van der Waals surface area contributed by atoms with E-state index < -0.39 is 4.74 Å². The van der Waals surface area contributed by atoms with Gasteiger partial charge >= 0.3 is 0 Å². The molecule has 0 fully saturated rings. The fraction of sp³-hybridized carbons (Fsp3) is 0.471. The van der Waals surface area contributed by atoms with Crippen LogP contribution < -0.4 is 9.47 Å². The topological polar surface area (TPSA) is 40.0 Å². The number of rotatable bonds is 10. The van der Waals surface area contributed by atoms with Crippen LogP contribution in [0.15, 0.2) is 28.1 Å². The van der Waals surface area contributed by atoms with Gasteiger partial charge in [-0.05, 0) is 53.9 Å². The van der Waals surface area contributed by atoms with Crippen LogP contribution in [0.1, 0.15) is 32.8 Å². The summed E-state index contributed by atoms with van der Waals surface area (Å²) in [4.78, 5) is 5.10. The lowest BCUT2D eigenvalue weighted by Gasteiger charge is -2.15. The fourth-order valence-corrected chi connectivity index (χ4v) is 2.30. The Labute approximate surface area is 155 Å². The van der Waals surface area contributed by atoms with Crippen LogP contribution in [0, 0.1) is 0 Å². The maximum absolute atomic E-state index is 12.6. The number of oxime groups is 1. The van der Waals surface area contributed by atoms with Crippen molar-refractivity contribution in [1.29, 1.82) is 0 Å². The Kier molecular flexibility index (Phi) is 9.79. The van der Waals surface area contributed by atoms with E-state index in [-0.39, 0.29) is 6.61 Å². The van der Waals surface area contributed by atoms with Crippen LogP contribution in [0.3, 0.4) is 0 Å². The highest BCUT2D eigenvalue weighted by atomic mass is 79.9. The summed E-state index contributed by atoms with van der Waals surface area (Å²) in [7, 11) is 0. The number of nitrogens with zero attached hydrogens (tertiary/aromatic N) is 1. The predicted octanol–water partition coefficient (Wildman–Crippen LogP) is 5.67. The number of hydrogen-bond donors (Lipinski definition) is 0. The first-order valence-corrected chi connectivity index (χ1v) is 8.83. The van der Waals surface area contributed by atoms with Crippen molar-refractivity contribution in [3.05, 3.63) is 33.5 Å². The molecule has 0 saturated heterocycles. The third kappa shape index (κ3) is 8.02. The largest absolute Gasteiger partial charge is 0.489 e. The van der Waals surface area contributed by atoms with Crippen molar-refractivity contribution < 1.29 is 18.7 Å². The lowest BCUT2D eigenvalue weighted by molar-refractivity contribution is 0.106. The summed E-state index contributed by atoms with van der Waals surface area (Å²) in [6.45, 7) is 6.56. The van der Waals surface area contributed by atoms with Crippen molar-refractivity contribution in [1.82, 2.24) is 0 Å². The van der Waals surface area contributed by atoms with E-state index in [0.717, 1.165) is 24.1 Å². The molecule has 0 aliphatic carbocycles. The second kappa shape index (κ2) is 11.3. The van der Waals surface area contributed by atoms with Gasteiger partial charge < -0.3 is 14.3 Å². The monoisotopic (exact) mass is 421 g/mol. The first kappa shape index (κ1) is 20.8. The summed E-state index contributed by atoms with van der Waals surface area (Å²) >= 11 is 9.01. The van der Waals surface area contributed by atoms with Crippen molar-refractivity contribution in [2.45, 2.75) is 33.6 Å². The molecule has 24 heavy (non-hydrogen) atoms. The minimum absolute atomic E-state index is 0.112. The average molecular weight is 423 g/mol. The van der Waals surface area contributed by atoms with E-state index >= 15 is 0 Å². The molecule has 0 aliphatic rings. The third-order valence-corrected chi connectivity index (χ3v) is 3.37. The molecule has 4 nitrogen and oxygen atoms in total. The highest BCUT2D eigenvalue weighted by Crippen LogP contribution is 2.34. The number of benzene rings is 1. The minimum Gasteiger partial charge on any atom is -0.489 e. The molecule has 0 heterocycles. The van der Waals surface area contributed by atoms with Crippen molar-refractivity contribution in [2.75, 3.05) is 19.8 Å².